The SMILES string of the molecule is CCCC[C@H](NC(=O)[C@@H]1CCCN1C(=O)COCCOCCNC(=O)COCCOCCNC(=O)CCCCCCCCCCCCCCC(=O)O)C(=O)N[C@H]1CCC(=O)NCCCC[C@@H](C(C)=O)NC(=O)[C@H](Cc2c[nH]c3ccccc23)NC(=O)[C@H](CCCNC(=N)N)NC(=O)[C@@H](Cc2ccccc2)NC(=O)[C@@H]2C[C@@H](O)CN2C1=O. The lowest BCUT2D eigenvalue weighted by Crippen LogP contribution is -2.60. The van der Waals surface area contributed by atoms with Crippen LogP contribution in [0.3, 0.4) is 0 Å². The fourth-order valence-electron chi connectivity index (χ4n) is 14.3. The fraction of sp³-hybridized carbons (Fsp3) is 0.659. The summed E-state index contributed by atoms with van der Waals surface area (Å²) in [6.45, 7) is 4.18. The van der Waals surface area contributed by atoms with Gasteiger partial charge in [0.1, 0.15) is 55.5 Å². The van der Waals surface area contributed by atoms with Crippen LogP contribution in [0.25, 0.3) is 10.9 Å². The Kier molecular flexibility index (Phi) is 44.6. The summed E-state index contributed by atoms with van der Waals surface area (Å²) in [5.41, 5.74) is 7.60. The molecule has 116 heavy (non-hydrogen) atoms. The Morgan fingerprint density at radius 2 is 1.23 bits per heavy atom. The van der Waals surface area contributed by atoms with Gasteiger partial charge in [0.2, 0.25) is 65.0 Å². The van der Waals surface area contributed by atoms with Crippen molar-refractivity contribution in [1.82, 2.24) is 68.0 Å². The van der Waals surface area contributed by atoms with Crippen LogP contribution in [0.4, 0.5) is 0 Å². The molecular weight excluding hydrogens is 1500 g/mol. The number of nitrogens with one attached hydrogen (secondary N) is 12. The van der Waals surface area contributed by atoms with Crippen LogP contribution >= 0.6 is 0 Å². The second-order valence-electron chi connectivity index (χ2n) is 30.0. The van der Waals surface area contributed by atoms with Crippen molar-refractivity contribution in [2.75, 3.05) is 92.1 Å². The number of aliphatic hydroxyl groups is 1. The summed E-state index contributed by atoms with van der Waals surface area (Å²) < 4.78 is 22.1. The van der Waals surface area contributed by atoms with Crippen LogP contribution in [-0.4, -0.2) is 254 Å². The van der Waals surface area contributed by atoms with Gasteiger partial charge in [-0.25, -0.2) is 0 Å². The molecule has 2 aromatic carbocycles. The van der Waals surface area contributed by atoms with Gasteiger partial charge in [-0.2, -0.15) is 0 Å². The number of hydrogen-bond acceptors (Lipinski definition) is 19. The number of guanidine groups is 1. The number of benzene rings is 2. The maximum atomic E-state index is 15.2. The van der Waals surface area contributed by atoms with Crippen molar-refractivity contribution in [2.45, 2.75) is 254 Å². The maximum absolute atomic E-state index is 15.2. The van der Waals surface area contributed by atoms with Gasteiger partial charge in [0.15, 0.2) is 11.7 Å². The maximum Gasteiger partial charge on any atom is 0.303 e. The third kappa shape index (κ3) is 36.3. The number of ketones is 1. The highest BCUT2D eigenvalue weighted by Gasteiger charge is 2.44. The number of unbranched alkanes of at least 4 members (excludes halogenated alkanes) is 12. The summed E-state index contributed by atoms with van der Waals surface area (Å²) in [6, 6.07) is 5.62. The average molecular weight is 1630 g/mol. The molecule has 34 nitrogen and oxygen atoms in total. The minimum atomic E-state index is -1.53. The van der Waals surface area contributed by atoms with E-state index in [9.17, 15) is 62.6 Å². The number of likely N-dealkylation sites (tertiary alicyclic amines) is 1. The number of carbonyl (C=O) groups is 13. The Balaban J connectivity index is 0.997. The number of ether oxygens (including phenoxy) is 4. The number of nitrogens with two attached hydrogens (primary N) is 1. The highest BCUT2D eigenvalue weighted by Crippen LogP contribution is 2.25. The number of carbonyl (C=O) groups excluding carboxylic acids is 12. The van der Waals surface area contributed by atoms with Gasteiger partial charge in [-0.3, -0.25) is 67.7 Å². The number of H-pyrrole nitrogens is 1. The zero-order valence-corrected chi connectivity index (χ0v) is 67.7. The summed E-state index contributed by atoms with van der Waals surface area (Å²) in [4.78, 5) is 185. The molecule has 0 radical (unpaired) electrons. The summed E-state index contributed by atoms with van der Waals surface area (Å²) in [7, 11) is 0. The van der Waals surface area contributed by atoms with Crippen LogP contribution < -0.4 is 58.9 Å². The fourth-order valence-corrected chi connectivity index (χ4v) is 14.3. The number of rotatable bonds is 47. The van der Waals surface area contributed by atoms with Crippen molar-refractivity contribution < 1.29 is 91.5 Å². The lowest BCUT2D eigenvalue weighted by atomic mass is 10.0. The van der Waals surface area contributed by atoms with Crippen molar-refractivity contribution >= 4 is 93.6 Å². The number of aromatic amines is 1. The van der Waals surface area contributed by atoms with E-state index in [1.807, 2.05) is 31.2 Å². The van der Waals surface area contributed by atoms with Crippen molar-refractivity contribution in [2.24, 2.45) is 5.73 Å². The number of nitrogens with zero attached hydrogens (tertiary/aromatic N) is 2. The van der Waals surface area contributed by atoms with Crippen LogP contribution in [0.15, 0.2) is 60.8 Å². The molecule has 0 saturated carbocycles. The first kappa shape index (κ1) is 95.2. The predicted octanol–water partition coefficient (Wildman–Crippen LogP) is 2.78. The van der Waals surface area contributed by atoms with E-state index < -0.39 is 120 Å². The molecule has 9 atom stereocenters. The first-order valence-electron chi connectivity index (χ1n) is 41.6. The van der Waals surface area contributed by atoms with Gasteiger partial charge >= 0.3 is 5.97 Å². The van der Waals surface area contributed by atoms with Crippen LogP contribution in [-0.2, 0) is 94.1 Å². The largest absolute Gasteiger partial charge is 0.481 e. The molecule has 6 rings (SSSR count). The van der Waals surface area contributed by atoms with E-state index in [1.54, 1.807) is 36.5 Å². The molecule has 0 unspecified atom stereocenters. The van der Waals surface area contributed by atoms with Gasteiger partial charge in [-0.15, -0.1) is 0 Å². The summed E-state index contributed by atoms with van der Waals surface area (Å²) >= 11 is 0. The molecule has 0 bridgehead atoms. The minimum absolute atomic E-state index is 0.0124. The zero-order valence-electron chi connectivity index (χ0n) is 67.7. The number of aliphatic hydroxyl groups excluding tert-OH is 1. The van der Waals surface area contributed by atoms with Crippen LogP contribution in [0, 0.1) is 5.41 Å². The van der Waals surface area contributed by atoms with Crippen molar-refractivity contribution in [1.29, 1.82) is 5.41 Å². The lowest BCUT2D eigenvalue weighted by Gasteiger charge is -2.31. The highest BCUT2D eigenvalue weighted by molar-refractivity contribution is 5.99. The normalized spacial score (nSPS) is 20.4. The van der Waals surface area contributed by atoms with Crippen molar-refractivity contribution in [3.63, 3.8) is 0 Å². The number of carboxylic acids is 1. The third-order valence-electron chi connectivity index (χ3n) is 20.7. The third-order valence-corrected chi connectivity index (χ3v) is 20.7. The molecule has 16 N–H and O–H groups in total. The van der Waals surface area contributed by atoms with E-state index in [2.05, 4.69) is 58.2 Å². The standard InChI is InChI=1S/C82H127N15O19/c1-3-4-29-63(92-79(110)68-33-25-42-96(68)73(103)55-116-48-46-114-44-41-87-72(102)54-115-47-45-113-43-40-86-70(100)34-18-13-11-9-7-5-6-8-10-12-14-19-35-74(104)105)75(106)93-65-36-37-71(101)85-38-23-22-30-61(56(2)98)90-78(109)67(50-58-52-89-62-31-21-20-28-60(58)62)94-76(107)64(32-24-39-88-82(83)84)91-77(108)66(49-57-26-16-15-17-27-57)95-80(111)69-51-59(99)53-97(69)81(65)112/h15-17,20-21,26-28,31,52,59,61,63-69,89,99H,3-14,18-19,22-25,29-30,32-51,53-55H2,1-2H3,(H,85,101)(H,86,100)(H,87,102)(H,90,109)(H,91,108)(H,92,110)(H,93,106)(H,94,107)(H,95,111)(H,104,105)(H4,83,84,88)/t59-,61+,63+,64+,65+,66-,67+,68+,69+/m1/s1. The number of para-hydroxylation sites is 1. The van der Waals surface area contributed by atoms with E-state index in [1.165, 1.54) is 37.5 Å². The van der Waals surface area contributed by atoms with Gasteiger partial charge in [0.25, 0.3) is 0 Å². The smallest absolute Gasteiger partial charge is 0.303 e. The predicted molar refractivity (Wildman–Crippen MR) is 432 cm³/mol. The number of aromatic nitrogens is 1. The minimum Gasteiger partial charge on any atom is -0.481 e. The summed E-state index contributed by atoms with van der Waals surface area (Å²) in [5, 5.41) is 56.4. The van der Waals surface area contributed by atoms with Crippen LogP contribution in [0.1, 0.15) is 198 Å². The molecule has 11 amide bonds. The lowest BCUT2D eigenvalue weighted by molar-refractivity contribution is -0.144. The Hall–Kier alpha value is -9.64. The average Bonchev–Trinajstić information content (AvgIpc) is 1.66. The molecule has 0 spiro atoms. The molecular formula is C82H127N15O19. The van der Waals surface area contributed by atoms with Gasteiger partial charge in [0.05, 0.1) is 51.8 Å². The second-order valence-corrected chi connectivity index (χ2v) is 30.0. The monoisotopic (exact) mass is 1630 g/mol. The molecule has 34 heteroatoms. The second kappa shape index (κ2) is 54.3. The highest BCUT2D eigenvalue weighted by atomic mass is 16.5. The molecule has 3 fully saturated rings. The van der Waals surface area contributed by atoms with E-state index in [-0.39, 0.29) is 167 Å². The Morgan fingerprint density at radius 3 is 1.91 bits per heavy atom. The Bertz CT molecular complexity index is 3610. The zero-order chi connectivity index (χ0) is 83.8. The molecule has 4 heterocycles. The summed E-state index contributed by atoms with van der Waals surface area (Å²) in [6.07, 6.45) is 15.7. The number of carboxylic acid groups (broad SMARTS) is 1. The topological polar surface area (TPSA) is 492 Å². The molecule has 3 aliphatic heterocycles. The molecule has 0 aliphatic carbocycles. The van der Waals surface area contributed by atoms with E-state index in [0.29, 0.717) is 62.8 Å². The number of amides is 11. The number of aliphatic carboxylic acids is 1. The molecule has 644 valence electrons. The quantitative estimate of drug-likeness (QED) is 0.0220. The summed E-state index contributed by atoms with van der Waals surface area (Å²) in [5.74, 6) is -8.31. The number of fused-ring (bicyclic) bond motifs is 2. The van der Waals surface area contributed by atoms with Gasteiger partial charge in [-0.05, 0) is 94.7 Å². The molecule has 3 saturated heterocycles. The Morgan fingerprint density at radius 1 is 0.629 bits per heavy atom. The van der Waals surface area contributed by atoms with Crippen LogP contribution in [0.2, 0.25) is 0 Å². The van der Waals surface area contributed by atoms with Gasteiger partial charge in [-0.1, -0.05) is 133 Å². The van der Waals surface area contributed by atoms with Gasteiger partial charge in [0, 0.05) is 94.9 Å². The van der Waals surface area contributed by atoms with Gasteiger partial charge < -0.3 is 103 Å². The number of hydrogen-bond donors (Lipinski definition) is 15. The number of Topliss-reactive ketones (excluding diaryl/α,β-unsaturated/α-hetero) is 1. The molecule has 3 aromatic rings. The first-order chi connectivity index (χ1) is 56.0. The van der Waals surface area contributed by atoms with E-state index in [4.69, 9.17) is 35.2 Å². The van der Waals surface area contributed by atoms with E-state index >= 15 is 4.79 Å². The molecule has 1 aromatic heterocycles. The molecule has 3 aliphatic rings. The Labute approximate surface area is 679 Å². The van der Waals surface area contributed by atoms with Crippen molar-refractivity contribution in [3.8, 4) is 0 Å². The van der Waals surface area contributed by atoms with E-state index in [0.717, 1.165) is 67.2 Å². The van der Waals surface area contributed by atoms with Crippen LogP contribution in [0.5, 0.6) is 0 Å². The van der Waals surface area contributed by atoms with Crippen molar-refractivity contribution in [3.05, 3.63) is 71.9 Å². The first-order valence-corrected chi connectivity index (χ1v) is 41.6.